The van der Waals surface area contributed by atoms with Crippen molar-refractivity contribution in [1.29, 1.82) is 0 Å². The Morgan fingerprint density at radius 1 is 0.939 bits per heavy atom. The van der Waals surface area contributed by atoms with Gasteiger partial charge in [0.15, 0.2) is 0 Å². The SMILES string of the molecule is CN(c1ccc(C(O)(C=Cc2ccccc2)C(F)(F)F)cc1)S(=O)(=O)c1cc(Cl)ccc1Cl. The lowest BCUT2D eigenvalue weighted by Crippen LogP contribution is -2.40. The van der Waals surface area contributed by atoms with Crippen LogP contribution in [0.5, 0.6) is 0 Å². The highest BCUT2D eigenvalue weighted by molar-refractivity contribution is 7.93. The fourth-order valence-corrected chi connectivity index (χ4v) is 4.95. The van der Waals surface area contributed by atoms with Crippen molar-refractivity contribution in [2.75, 3.05) is 11.4 Å². The van der Waals surface area contributed by atoms with Gasteiger partial charge in [0.2, 0.25) is 5.60 Å². The first-order valence-electron chi connectivity index (χ1n) is 9.44. The standard InChI is InChI=1S/C23H18Cl2F3NO3S/c1-29(33(31,32)21-15-18(24)9-12-20(21)25)19-10-7-17(8-11-19)22(30,23(26,27)28)14-13-16-5-3-2-4-6-16/h2-15,30H,1H3. The minimum Gasteiger partial charge on any atom is -0.373 e. The number of alkyl halides is 3. The van der Waals surface area contributed by atoms with Crippen molar-refractivity contribution < 1.29 is 26.7 Å². The average Bonchev–Trinajstić information content (AvgIpc) is 2.78. The molecule has 0 aliphatic carbocycles. The van der Waals surface area contributed by atoms with Crippen molar-refractivity contribution in [3.63, 3.8) is 0 Å². The minimum atomic E-state index is -5.02. The van der Waals surface area contributed by atoms with Crippen molar-refractivity contribution in [2.45, 2.75) is 16.7 Å². The number of benzene rings is 3. The summed E-state index contributed by atoms with van der Waals surface area (Å²) in [6.07, 6.45) is -3.20. The summed E-state index contributed by atoms with van der Waals surface area (Å²) in [5, 5.41) is 10.6. The van der Waals surface area contributed by atoms with E-state index in [0.29, 0.717) is 11.6 Å². The van der Waals surface area contributed by atoms with Crippen molar-refractivity contribution >= 4 is 45.0 Å². The Hall–Kier alpha value is -2.52. The van der Waals surface area contributed by atoms with Gasteiger partial charge >= 0.3 is 6.18 Å². The summed E-state index contributed by atoms with van der Waals surface area (Å²) in [5.41, 5.74) is -3.22. The summed E-state index contributed by atoms with van der Waals surface area (Å²) in [5.74, 6) is 0. The van der Waals surface area contributed by atoms with E-state index in [2.05, 4.69) is 0 Å². The molecule has 0 aliphatic rings. The molecule has 0 bridgehead atoms. The van der Waals surface area contributed by atoms with E-state index in [1.54, 1.807) is 30.3 Å². The third kappa shape index (κ3) is 5.19. The van der Waals surface area contributed by atoms with E-state index in [0.717, 1.165) is 16.4 Å². The van der Waals surface area contributed by atoms with Gasteiger partial charge in [0.05, 0.1) is 10.7 Å². The van der Waals surface area contributed by atoms with Gasteiger partial charge in [-0.2, -0.15) is 13.2 Å². The molecule has 1 N–H and O–H groups in total. The van der Waals surface area contributed by atoms with Gasteiger partial charge in [0.1, 0.15) is 4.90 Å². The van der Waals surface area contributed by atoms with Gasteiger partial charge in [-0.3, -0.25) is 4.31 Å². The summed E-state index contributed by atoms with van der Waals surface area (Å²) < 4.78 is 68.2. The second kappa shape index (κ2) is 9.38. The maximum Gasteiger partial charge on any atom is 0.425 e. The molecule has 0 saturated heterocycles. The highest BCUT2D eigenvalue weighted by Crippen LogP contribution is 2.41. The molecule has 0 aliphatic heterocycles. The second-order valence-corrected chi connectivity index (χ2v) is 9.88. The van der Waals surface area contributed by atoms with Gasteiger partial charge in [-0.15, -0.1) is 0 Å². The lowest BCUT2D eigenvalue weighted by Gasteiger charge is -2.28. The van der Waals surface area contributed by atoms with Crippen LogP contribution in [0.25, 0.3) is 6.08 Å². The molecule has 10 heteroatoms. The van der Waals surface area contributed by atoms with Gasteiger partial charge in [-0.05, 0) is 47.5 Å². The summed E-state index contributed by atoms with van der Waals surface area (Å²) in [4.78, 5) is -0.249. The van der Waals surface area contributed by atoms with Crippen LogP contribution in [0.15, 0.2) is 83.8 Å². The van der Waals surface area contributed by atoms with E-state index in [1.165, 1.54) is 43.5 Å². The molecule has 0 radical (unpaired) electrons. The van der Waals surface area contributed by atoms with E-state index in [-0.39, 0.29) is 20.6 Å². The van der Waals surface area contributed by atoms with Crippen molar-refractivity contribution in [3.05, 3.63) is 100 Å². The average molecular weight is 516 g/mol. The molecule has 4 nitrogen and oxygen atoms in total. The number of sulfonamides is 1. The van der Waals surface area contributed by atoms with E-state index in [1.807, 2.05) is 0 Å². The summed E-state index contributed by atoms with van der Waals surface area (Å²) in [6.45, 7) is 0. The van der Waals surface area contributed by atoms with Gasteiger partial charge in [0.25, 0.3) is 10.0 Å². The molecular formula is C23H18Cl2F3NO3S. The fraction of sp³-hybridized carbons (Fsp3) is 0.130. The maximum absolute atomic E-state index is 13.8. The van der Waals surface area contributed by atoms with Crippen LogP contribution in [0, 0.1) is 0 Å². The maximum atomic E-state index is 13.8. The van der Waals surface area contributed by atoms with Crippen LogP contribution in [0.2, 0.25) is 10.0 Å². The smallest absolute Gasteiger partial charge is 0.373 e. The van der Waals surface area contributed by atoms with Crippen molar-refractivity contribution in [2.24, 2.45) is 0 Å². The predicted molar refractivity (Wildman–Crippen MR) is 124 cm³/mol. The predicted octanol–water partition coefficient (Wildman–Crippen LogP) is 6.28. The van der Waals surface area contributed by atoms with Crippen LogP contribution >= 0.6 is 23.2 Å². The monoisotopic (exact) mass is 515 g/mol. The Morgan fingerprint density at radius 2 is 1.55 bits per heavy atom. The first-order valence-corrected chi connectivity index (χ1v) is 11.6. The van der Waals surface area contributed by atoms with Crippen LogP contribution in [-0.4, -0.2) is 26.7 Å². The van der Waals surface area contributed by atoms with Gasteiger partial charge in [-0.1, -0.05) is 71.7 Å². The van der Waals surface area contributed by atoms with Gasteiger partial charge in [0, 0.05) is 12.1 Å². The molecule has 0 amide bonds. The number of halogens is 5. The molecule has 3 aromatic rings. The van der Waals surface area contributed by atoms with Crippen LogP contribution < -0.4 is 4.31 Å². The molecule has 0 saturated carbocycles. The number of anilines is 1. The molecule has 0 fully saturated rings. The first kappa shape index (κ1) is 25.1. The molecule has 33 heavy (non-hydrogen) atoms. The molecule has 1 unspecified atom stereocenters. The number of aliphatic hydroxyl groups is 1. The Kier molecular flexibility index (Phi) is 7.14. The van der Waals surface area contributed by atoms with Crippen LogP contribution in [0.4, 0.5) is 18.9 Å². The first-order chi connectivity index (χ1) is 15.4. The van der Waals surface area contributed by atoms with Crippen LogP contribution in [-0.2, 0) is 15.6 Å². The Labute approximate surface area is 199 Å². The second-order valence-electron chi connectivity index (χ2n) is 7.10. The highest BCUT2D eigenvalue weighted by atomic mass is 35.5. The number of hydrogen-bond donors (Lipinski definition) is 1. The van der Waals surface area contributed by atoms with Gasteiger partial charge in [-0.25, -0.2) is 8.42 Å². The largest absolute Gasteiger partial charge is 0.425 e. The molecular weight excluding hydrogens is 498 g/mol. The Bertz CT molecular complexity index is 1260. The third-order valence-corrected chi connectivity index (χ3v) is 7.45. The fourth-order valence-electron chi connectivity index (χ4n) is 3.02. The van der Waals surface area contributed by atoms with Gasteiger partial charge < -0.3 is 5.11 Å². The quantitative estimate of drug-likeness (QED) is 0.420. The molecule has 1 atom stereocenters. The topological polar surface area (TPSA) is 57.6 Å². The Morgan fingerprint density at radius 3 is 2.12 bits per heavy atom. The van der Waals surface area contributed by atoms with Crippen LogP contribution in [0.3, 0.4) is 0 Å². The summed E-state index contributed by atoms with van der Waals surface area (Å²) >= 11 is 11.9. The zero-order valence-corrected chi connectivity index (χ0v) is 19.4. The molecule has 0 aromatic heterocycles. The van der Waals surface area contributed by atoms with E-state index in [9.17, 15) is 26.7 Å². The number of nitrogens with zero attached hydrogens (tertiary/aromatic N) is 1. The summed E-state index contributed by atoms with van der Waals surface area (Å²) in [7, 11) is -2.92. The summed E-state index contributed by atoms with van der Waals surface area (Å²) in [6, 6.07) is 16.5. The normalized spacial score (nSPS) is 14.3. The third-order valence-electron chi connectivity index (χ3n) is 4.95. The van der Waals surface area contributed by atoms with E-state index in [4.69, 9.17) is 23.2 Å². The zero-order chi connectivity index (χ0) is 24.4. The van der Waals surface area contributed by atoms with E-state index >= 15 is 0 Å². The number of rotatable bonds is 6. The number of hydrogen-bond acceptors (Lipinski definition) is 3. The minimum absolute atomic E-state index is 0.0552. The van der Waals surface area contributed by atoms with Crippen molar-refractivity contribution in [1.82, 2.24) is 0 Å². The highest BCUT2D eigenvalue weighted by Gasteiger charge is 2.53. The molecule has 0 heterocycles. The Balaban J connectivity index is 1.97. The van der Waals surface area contributed by atoms with Crippen molar-refractivity contribution in [3.8, 4) is 0 Å². The van der Waals surface area contributed by atoms with Crippen LogP contribution in [0.1, 0.15) is 11.1 Å². The lowest BCUT2D eigenvalue weighted by atomic mass is 9.91. The lowest BCUT2D eigenvalue weighted by molar-refractivity contribution is -0.244. The van der Waals surface area contributed by atoms with E-state index < -0.39 is 27.4 Å². The molecule has 3 rings (SSSR count). The molecule has 0 spiro atoms. The molecule has 174 valence electrons. The molecule has 3 aromatic carbocycles. The zero-order valence-electron chi connectivity index (χ0n) is 17.1.